The van der Waals surface area contributed by atoms with Crippen molar-refractivity contribution in [1.82, 2.24) is 19.7 Å². The second-order valence-corrected chi connectivity index (χ2v) is 8.57. The van der Waals surface area contributed by atoms with Crippen molar-refractivity contribution in [3.8, 4) is 16.3 Å². The number of aromatic nitrogens is 3. The molecule has 0 aliphatic heterocycles. The minimum atomic E-state index is -0.169. The zero-order valence-corrected chi connectivity index (χ0v) is 18.9. The molecule has 0 aliphatic rings. The number of nitrogens with one attached hydrogen (secondary N) is 1. The number of pyridine rings is 1. The van der Waals surface area contributed by atoms with Gasteiger partial charge in [0, 0.05) is 28.9 Å². The van der Waals surface area contributed by atoms with E-state index in [1.807, 2.05) is 83.7 Å². The maximum atomic E-state index is 12.7. The molecule has 0 bridgehead atoms. The average molecular weight is 455 g/mol. The number of carbonyl (C=O) groups excluding carboxylic acids is 1. The van der Waals surface area contributed by atoms with Crippen molar-refractivity contribution in [2.45, 2.75) is 20.1 Å². The molecule has 1 N–H and O–H groups in total. The van der Waals surface area contributed by atoms with E-state index in [2.05, 4.69) is 15.3 Å². The maximum absolute atomic E-state index is 12.7. The van der Waals surface area contributed by atoms with E-state index in [1.165, 1.54) is 5.56 Å². The van der Waals surface area contributed by atoms with Crippen LogP contribution in [0.25, 0.3) is 16.2 Å². The summed E-state index contributed by atoms with van der Waals surface area (Å²) in [5, 5.41) is 5.85. The van der Waals surface area contributed by atoms with E-state index in [9.17, 15) is 4.79 Å². The monoisotopic (exact) mass is 454 g/mol. The molecule has 0 saturated heterocycles. The second-order valence-electron chi connectivity index (χ2n) is 7.71. The first kappa shape index (κ1) is 20.9. The van der Waals surface area contributed by atoms with E-state index in [4.69, 9.17) is 4.74 Å². The first-order valence-corrected chi connectivity index (χ1v) is 11.5. The Morgan fingerprint density at radius 1 is 1.00 bits per heavy atom. The van der Waals surface area contributed by atoms with Crippen LogP contribution in [-0.4, -0.2) is 20.3 Å². The minimum Gasteiger partial charge on any atom is -0.487 e. The summed E-state index contributed by atoms with van der Waals surface area (Å²) in [4.78, 5) is 21.9. The number of ether oxygens (including phenoxy) is 1. The zero-order chi connectivity index (χ0) is 22.6. The molecular weight excluding hydrogens is 432 g/mol. The molecule has 2 aromatic carbocycles. The summed E-state index contributed by atoms with van der Waals surface area (Å²) in [6.45, 7) is 2.74. The molecule has 1 amide bonds. The fourth-order valence-corrected chi connectivity index (χ4v) is 4.31. The van der Waals surface area contributed by atoms with Gasteiger partial charge in [0.1, 0.15) is 23.0 Å². The van der Waals surface area contributed by atoms with Gasteiger partial charge >= 0.3 is 0 Å². The quantitative estimate of drug-likeness (QED) is 0.364. The first-order chi connectivity index (χ1) is 16.1. The third-order valence-corrected chi connectivity index (χ3v) is 6.07. The van der Waals surface area contributed by atoms with Gasteiger partial charge in [0.15, 0.2) is 0 Å². The van der Waals surface area contributed by atoms with Gasteiger partial charge in [-0.05, 0) is 36.8 Å². The van der Waals surface area contributed by atoms with Gasteiger partial charge in [-0.2, -0.15) is 0 Å². The lowest BCUT2D eigenvalue weighted by atomic mass is 10.2. The van der Waals surface area contributed by atoms with Crippen molar-refractivity contribution in [2.75, 3.05) is 0 Å². The fraction of sp³-hybridized carbons (Fsp3) is 0.115. The summed E-state index contributed by atoms with van der Waals surface area (Å²) in [6, 6.07) is 21.2. The van der Waals surface area contributed by atoms with Crippen LogP contribution in [0.5, 0.6) is 5.75 Å². The standard InChI is InChI=1S/C26H22N4O2S/c1-18-10-11-24-28-22(15-30(24)14-18)16-32-23-9-5-8-20(12-23)25(31)27-13-21-17-33-26(29-21)19-6-3-2-4-7-19/h2-12,14-15,17H,13,16H2,1H3,(H,27,31). The molecule has 5 rings (SSSR count). The number of amides is 1. The number of fused-ring (bicyclic) bond motifs is 1. The summed E-state index contributed by atoms with van der Waals surface area (Å²) in [6.07, 6.45) is 3.98. The van der Waals surface area contributed by atoms with Crippen LogP contribution in [0.3, 0.4) is 0 Å². The van der Waals surface area contributed by atoms with E-state index < -0.39 is 0 Å². The predicted molar refractivity (Wildman–Crippen MR) is 129 cm³/mol. The van der Waals surface area contributed by atoms with Crippen LogP contribution >= 0.6 is 11.3 Å². The summed E-state index contributed by atoms with van der Waals surface area (Å²) < 4.78 is 7.88. The van der Waals surface area contributed by atoms with Gasteiger partial charge in [-0.3, -0.25) is 4.79 Å². The largest absolute Gasteiger partial charge is 0.487 e. The number of hydrogen-bond acceptors (Lipinski definition) is 5. The molecule has 3 aromatic heterocycles. The number of rotatable bonds is 7. The third kappa shape index (κ3) is 4.94. The van der Waals surface area contributed by atoms with Crippen LogP contribution < -0.4 is 10.1 Å². The number of imidazole rings is 1. The van der Waals surface area contributed by atoms with E-state index >= 15 is 0 Å². The van der Waals surface area contributed by atoms with Crippen molar-refractivity contribution < 1.29 is 9.53 Å². The Kier molecular flexibility index (Phi) is 5.87. The van der Waals surface area contributed by atoms with Crippen LogP contribution in [0.4, 0.5) is 0 Å². The molecule has 0 spiro atoms. The van der Waals surface area contributed by atoms with E-state index in [0.717, 1.165) is 27.6 Å². The minimum absolute atomic E-state index is 0.169. The number of aryl methyl sites for hydroxylation is 1. The van der Waals surface area contributed by atoms with Crippen LogP contribution in [0.15, 0.2) is 84.5 Å². The topological polar surface area (TPSA) is 68.5 Å². The number of hydrogen-bond donors (Lipinski definition) is 1. The van der Waals surface area contributed by atoms with Crippen molar-refractivity contribution >= 4 is 22.9 Å². The lowest BCUT2D eigenvalue weighted by molar-refractivity contribution is 0.0950. The Hall–Kier alpha value is -3.97. The zero-order valence-electron chi connectivity index (χ0n) is 18.1. The number of benzene rings is 2. The van der Waals surface area contributed by atoms with Gasteiger partial charge in [0.2, 0.25) is 0 Å². The van der Waals surface area contributed by atoms with Crippen molar-refractivity contribution in [3.63, 3.8) is 0 Å². The number of carbonyl (C=O) groups is 1. The van der Waals surface area contributed by atoms with Crippen molar-refractivity contribution in [3.05, 3.63) is 107 Å². The molecule has 5 aromatic rings. The summed E-state index contributed by atoms with van der Waals surface area (Å²) in [7, 11) is 0. The summed E-state index contributed by atoms with van der Waals surface area (Å²) >= 11 is 1.57. The van der Waals surface area contributed by atoms with Crippen LogP contribution in [0.2, 0.25) is 0 Å². The highest BCUT2D eigenvalue weighted by Crippen LogP contribution is 2.23. The molecule has 0 atom stereocenters. The van der Waals surface area contributed by atoms with Crippen molar-refractivity contribution in [1.29, 1.82) is 0 Å². The first-order valence-electron chi connectivity index (χ1n) is 10.6. The van der Waals surface area contributed by atoms with E-state index in [0.29, 0.717) is 24.5 Å². The van der Waals surface area contributed by atoms with Crippen molar-refractivity contribution in [2.24, 2.45) is 0 Å². The van der Waals surface area contributed by atoms with Gasteiger partial charge in [-0.1, -0.05) is 42.5 Å². The third-order valence-electron chi connectivity index (χ3n) is 5.13. The highest BCUT2D eigenvalue weighted by atomic mass is 32.1. The Bertz CT molecular complexity index is 1410. The second kappa shape index (κ2) is 9.26. The lowest BCUT2D eigenvalue weighted by Gasteiger charge is -2.07. The summed E-state index contributed by atoms with van der Waals surface area (Å²) in [5.74, 6) is 0.453. The van der Waals surface area contributed by atoms with Gasteiger partial charge in [-0.25, -0.2) is 9.97 Å². The van der Waals surface area contributed by atoms with Gasteiger partial charge < -0.3 is 14.5 Å². The molecule has 0 saturated carbocycles. The van der Waals surface area contributed by atoms with Gasteiger partial charge in [0.25, 0.3) is 5.91 Å². The Labute approximate surface area is 195 Å². The van der Waals surface area contributed by atoms with Crippen LogP contribution in [0, 0.1) is 6.92 Å². The highest BCUT2D eigenvalue weighted by molar-refractivity contribution is 7.13. The molecule has 0 radical (unpaired) electrons. The molecular formula is C26H22N4O2S. The predicted octanol–water partition coefficient (Wildman–Crippen LogP) is 5.28. The van der Waals surface area contributed by atoms with Crippen LogP contribution in [-0.2, 0) is 13.2 Å². The normalized spacial score (nSPS) is 10.9. The maximum Gasteiger partial charge on any atom is 0.251 e. The summed E-state index contributed by atoms with van der Waals surface area (Å²) in [5.41, 5.74) is 5.32. The molecule has 0 unspecified atom stereocenters. The Morgan fingerprint density at radius 2 is 1.88 bits per heavy atom. The molecule has 0 aliphatic carbocycles. The van der Waals surface area contributed by atoms with Crippen LogP contribution in [0.1, 0.15) is 27.3 Å². The molecule has 0 fully saturated rings. The van der Waals surface area contributed by atoms with Gasteiger partial charge in [0.05, 0.1) is 17.9 Å². The lowest BCUT2D eigenvalue weighted by Crippen LogP contribution is -2.22. The van der Waals surface area contributed by atoms with Gasteiger partial charge in [-0.15, -0.1) is 11.3 Å². The SMILES string of the molecule is Cc1ccc2nc(COc3cccc(C(=O)NCc4csc(-c5ccccc5)n4)c3)cn2c1. The fourth-order valence-electron chi connectivity index (χ4n) is 3.48. The van der Waals surface area contributed by atoms with E-state index in [-0.39, 0.29) is 5.91 Å². The Balaban J connectivity index is 1.19. The van der Waals surface area contributed by atoms with E-state index in [1.54, 1.807) is 23.5 Å². The Morgan fingerprint density at radius 3 is 2.76 bits per heavy atom. The highest BCUT2D eigenvalue weighted by Gasteiger charge is 2.10. The number of thiazole rings is 1. The molecule has 164 valence electrons. The molecule has 3 heterocycles. The molecule has 7 heteroatoms. The smallest absolute Gasteiger partial charge is 0.251 e. The molecule has 33 heavy (non-hydrogen) atoms. The number of nitrogens with zero attached hydrogens (tertiary/aromatic N) is 3. The average Bonchev–Trinajstić information content (AvgIpc) is 3.48. The molecule has 6 nitrogen and oxygen atoms in total.